The Labute approximate surface area is 137 Å². The molecule has 0 aliphatic carbocycles. The second-order valence-electron chi connectivity index (χ2n) is 6.84. The highest BCUT2D eigenvalue weighted by molar-refractivity contribution is 5.81. The maximum absolute atomic E-state index is 12.3. The second-order valence-corrected chi connectivity index (χ2v) is 6.84. The van der Waals surface area contributed by atoms with E-state index in [2.05, 4.69) is 5.32 Å². The summed E-state index contributed by atoms with van der Waals surface area (Å²) in [6.07, 6.45) is 0.987. The summed E-state index contributed by atoms with van der Waals surface area (Å²) in [6.45, 7) is 8.57. The van der Waals surface area contributed by atoms with Gasteiger partial charge >= 0.3 is 6.09 Å². The van der Waals surface area contributed by atoms with Crippen molar-refractivity contribution in [2.45, 2.75) is 33.3 Å². The molecule has 0 saturated carbocycles. The third-order valence-electron chi connectivity index (χ3n) is 3.57. The molecule has 1 aromatic carbocycles. The SMILES string of the molecule is CC1CN(C(=O)OC(C)(C)C)CC(C=N)=C1Nc1ccccc1. The number of anilines is 1. The van der Waals surface area contributed by atoms with Crippen molar-refractivity contribution in [2.24, 2.45) is 5.92 Å². The third kappa shape index (κ3) is 4.58. The highest BCUT2D eigenvalue weighted by atomic mass is 16.6. The maximum Gasteiger partial charge on any atom is 0.410 e. The van der Waals surface area contributed by atoms with Crippen LogP contribution in [0.25, 0.3) is 0 Å². The van der Waals surface area contributed by atoms with Gasteiger partial charge < -0.3 is 20.4 Å². The summed E-state index contributed by atoms with van der Waals surface area (Å²) in [5.74, 6) is 0.105. The van der Waals surface area contributed by atoms with Gasteiger partial charge in [0.15, 0.2) is 0 Å². The van der Waals surface area contributed by atoms with E-state index >= 15 is 0 Å². The number of carbonyl (C=O) groups is 1. The van der Waals surface area contributed by atoms with E-state index in [9.17, 15) is 4.79 Å². The van der Waals surface area contributed by atoms with Gasteiger partial charge in [-0.3, -0.25) is 0 Å². The van der Waals surface area contributed by atoms with E-state index in [1.807, 2.05) is 58.0 Å². The summed E-state index contributed by atoms with van der Waals surface area (Å²) in [5, 5.41) is 11.1. The zero-order chi connectivity index (χ0) is 17.0. The zero-order valence-corrected chi connectivity index (χ0v) is 14.2. The van der Waals surface area contributed by atoms with Gasteiger partial charge in [-0.2, -0.15) is 0 Å². The van der Waals surface area contributed by atoms with Crippen molar-refractivity contribution < 1.29 is 9.53 Å². The quantitative estimate of drug-likeness (QED) is 0.832. The van der Waals surface area contributed by atoms with E-state index < -0.39 is 5.60 Å². The first-order valence-electron chi connectivity index (χ1n) is 7.83. The predicted molar refractivity (Wildman–Crippen MR) is 92.8 cm³/mol. The van der Waals surface area contributed by atoms with Crippen LogP contribution < -0.4 is 5.32 Å². The van der Waals surface area contributed by atoms with Crippen LogP contribution in [0.15, 0.2) is 41.6 Å². The van der Waals surface area contributed by atoms with Crippen LogP contribution in [0.3, 0.4) is 0 Å². The Kier molecular flexibility index (Phi) is 5.08. The summed E-state index contributed by atoms with van der Waals surface area (Å²) in [6, 6.07) is 9.87. The summed E-state index contributed by atoms with van der Waals surface area (Å²) in [5.41, 5.74) is 2.26. The summed E-state index contributed by atoms with van der Waals surface area (Å²) in [7, 11) is 0. The van der Waals surface area contributed by atoms with E-state index in [0.717, 1.165) is 17.0 Å². The van der Waals surface area contributed by atoms with Gasteiger partial charge in [0.05, 0.1) is 6.54 Å². The van der Waals surface area contributed by atoms with Crippen molar-refractivity contribution in [2.75, 3.05) is 18.4 Å². The molecule has 0 radical (unpaired) electrons. The molecule has 1 unspecified atom stereocenters. The fourth-order valence-electron chi connectivity index (χ4n) is 2.56. The lowest BCUT2D eigenvalue weighted by molar-refractivity contribution is 0.0241. The molecular formula is C18H25N3O2. The van der Waals surface area contributed by atoms with Crippen LogP contribution in [0.2, 0.25) is 0 Å². The molecule has 0 saturated heterocycles. The molecule has 1 amide bonds. The van der Waals surface area contributed by atoms with Gasteiger partial charge in [-0.1, -0.05) is 25.1 Å². The minimum atomic E-state index is -0.516. The van der Waals surface area contributed by atoms with Crippen molar-refractivity contribution in [1.82, 2.24) is 4.90 Å². The van der Waals surface area contributed by atoms with Gasteiger partial charge in [0, 0.05) is 35.6 Å². The number of ether oxygens (including phenoxy) is 1. The Morgan fingerprint density at radius 3 is 2.57 bits per heavy atom. The summed E-state index contributed by atoms with van der Waals surface area (Å²) < 4.78 is 5.44. The van der Waals surface area contributed by atoms with E-state index in [4.69, 9.17) is 10.1 Å². The first kappa shape index (κ1) is 17.1. The Hall–Kier alpha value is -2.30. The number of hydrogen-bond acceptors (Lipinski definition) is 4. The van der Waals surface area contributed by atoms with Crippen LogP contribution in [0, 0.1) is 11.3 Å². The number of benzene rings is 1. The van der Waals surface area contributed by atoms with E-state index in [0.29, 0.717) is 13.1 Å². The topological polar surface area (TPSA) is 65.4 Å². The number of nitrogens with zero attached hydrogens (tertiary/aromatic N) is 1. The van der Waals surface area contributed by atoms with Crippen molar-refractivity contribution in [3.05, 3.63) is 41.6 Å². The zero-order valence-electron chi connectivity index (χ0n) is 14.2. The number of para-hydroxylation sites is 1. The van der Waals surface area contributed by atoms with Gasteiger partial charge in [0.2, 0.25) is 0 Å². The molecule has 0 bridgehead atoms. The molecular weight excluding hydrogens is 290 g/mol. The molecule has 1 aliphatic rings. The average molecular weight is 315 g/mol. The van der Waals surface area contributed by atoms with Crippen LogP contribution in [-0.4, -0.2) is 35.9 Å². The standard InChI is InChI=1S/C18H25N3O2/c1-13-11-21(17(22)23-18(2,3)4)12-14(10-19)16(13)20-15-8-6-5-7-9-15/h5-10,13,19-20H,11-12H2,1-4H3. The first-order valence-corrected chi connectivity index (χ1v) is 7.83. The van der Waals surface area contributed by atoms with Crippen LogP contribution >= 0.6 is 0 Å². The largest absolute Gasteiger partial charge is 0.444 e. The Morgan fingerprint density at radius 1 is 1.35 bits per heavy atom. The van der Waals surface area contributed by atoms with Gasteiger partial charge in [-0.25, -0.2) is 4.79 Å². The fraction of sp³-hybridized carbons (Fsp3) is 0.444. The number of amides is 1. The minimum absolute atomic E-state index is 0.105. The van der Waals surface area contributed by atoms with Crippen molar-refractivity contribution in [3.63, 3.8) is 0 Å². The molecule has 5 heteroatoms. The normalized spacial score (nSPS) is 18.6. The number of carbonyl (C=O) groups excluding carboxylic acids is 1. The average Bonchev–Trinajstić information content (AvgIpc) is 2.48. The smallest absolute Gasteiger partial charge is 0.410 e. The monoisotopic (exact) mass is 315 g/mol. The van der Waals surface area contributed by atoms with E-state index in [-0.39, 0.29) is 12.0 Å². The number of hydrogen-bond donors (Lipinski definition) is 2. The van der Waals surface area contributed by atoms with E-state index in [1.165, 1.54) is 6.21 Å². The van der Waals surface area contributed by atoms with Gasteiger partial charge in [-0.05, 0) is 32.9 Å². The fourth-order valence-corrected chi connectivity index (χ4v) is 2.56. The molecule has 2 rings (SSSR count). The second kappa shape index (κ2) is 6.86. The lowest BCUT2D eigenvalue weighted by Gasteiger charge is -2.35. The Morgan fingerprint density at radius 2 is 2.00 bits per heavy atom. The Bertz CT molecular complexity index is 602. The summed E-state index contributed by atoms with van der Waals surface area (Å²) in [4.78, 5) is 13.9. The van der Waals surface area contributed by atoms with Crippen molar-refractivity contribution in [3.8, 4) is 0 Å². The minimum Gasteiger partial charge on any atom is -0.444 e. The Balaban J connectivity index is 2.17. The molecule has 2 N–H and O–H groups in total. The number of nitrogens with one attached hydrogen (secondary N) is 2. The van der Waals surface area contributed by atoms with Gasteiger partial charge in [0.25, 0.3) is 0 Å². The molecule has 0 fully saturated rings. The third-order valence-corrected chi connectivity index (χ3v) is 3.57. The summed E-state index contributed by atoms with van der Waals surface area (Å²) >= 11 is 0. The van der Waals surface area contributed by atoms with Gasteiger partial charge in [-0.15, -0.1) is 0 Å². The maximum atomic E-state index is 12.3. The van der Waals surface area contributed by atoms with Crippen LogP contribution in [0.4, 0.5) is 10.5 Å². The van der Waals surface area contributed by atoms with Crippen molar-refractivity contribution in [1.29, 1.82) is 5.41 Å². The molecule has 5 nitrogen and oxygen atoms in total. The lowest BCUT2D eigenvalue weighted by Crippen LogP contribution is -2.44. The highest BCUT2D eigenvalue weighted by Crippen LogP contribution is 2.25. The molecule has 0 aromatic heterocycles. The van der Waals surface area contributed by atoms with E-state index in [1.54, 1.807) is 4.90 Å². The molecule has 1 aromatic rings. The molecule has 23 heavy (non-hydrogen) atoms. The van der Waals surface area contributed by atoms with Crippen LogP contribution in [0.1, 0.15) is 27.7 Å². The van der Waals surface area contributed by atoms with Gasteiger partial charge in [0.1, 0.15) is 5.60 Å². The molecule has 124 valence electrons. The molecule has 0 spiro atoms. The highest BCUT2D eigenvalue weighted by Gasteiger charge is 2.30. The van der Waals surface area contributed by atoms with Crippen LogP contribution in [-0.2, 0) is 4.74 Å². The molecule has 1 atom stereocenters. The molecule has 1 heterocycles. The predicted octanol–water partition coefficient (Wildman–Crippen LogP) is 3.89. The van der Waals surface area contributed by atoms with Crippen LogP contribution in [0.5, 0.6) is 0 Å². The first-order chi connectivity index (χ1) is 10.8. The van der Waals surface area contributed by atoms with Crippen molar-refractivity contribution >= 4 is 18.0 Å². The number of rotatable bonds is 3. The lowest BCUT2D eigenvalue weighted by atomic mass is 9.97. The molecule has 1 aliphatic heterocycles.